The molecular formula is C25H29N3S. The van der Waals surface area contributed by atoms with Gasteiger partial charge in [0.1, 0.15) is 0 Å². The zero-order valence-electron chi connectivity index (χ0n) is 17.0. The first-order valence-electron chi connectivity index (χ1n) is 10.5. The molecule has 0 amide bonds. The van der Waals surface area contributed by atoms with Gasteiger partial charge in [-0.25, -0.2) is 0 Å². The smallest absolute Gasteiger partial charge is 0.0736 e. The van der Waals surface area contributed by atoms with Crippen molar-refractivity contribution in [2.45, 2.75) is 56.5 Å². The number of pyridine rings is 1. The van der Waals surface area contributed by atoms with Crippen LogP contribution >= 0.6 is 12.2 Å². The van der Waals surface area contributed by atoms with Crippen LogP contribution in [-0.4, -0.2) is 16.0 Å². The number of nitrogens with one attached hydrogen (secondary N) is 1. The third kappa shape index (κ3) is 4.05. The largest absolute Gasteiger partial charge is 0.393 e. The zero-order chi connectivity index (χ0) is 20.3. The number of fused-ring (bicyclic) bond motifs is 1. The highest BCUT2D eigenvalue weighted by molar-refractivity contribution is 7.80. The number of hydrogen-bond donors (Lipinski definition) is 2. The van der Waals surface area contributed by atoms with E-state index in [2.05, 4.69) is 65.8 Å². The average molecular weight is 404 g/mol. The molecular weight excluding hydrogens is 374 g/mol. The minimum Gasteiger partial charge on any atom is -0.393 e. The Balaban J connectivity index is 1.70. The fourth-order valence-corrected chi connectivity index (χ4v) is 5.39. The van der Waals surface area contributed by atoms with Gasteiger partial charge < -0.3 is 11.1 Å². The lowest BCUT2D eigenvalue weighted by atomic mass is 9.64. The summed E-state index contributed by atoms with van der Waals surface area (Å²) in [7, 11) is 0. The summed E-state index contributed by atoms with van der Waals surface area (Å²) in [6.45, 7) is 2.27. The Kier molecular flexibility index (Phi) is 5.93. The second-order valence-electron chi connectivity index (χ2n) is 8.30. The zero-order valence-corrected chi connectivity index (χ0v) is 17.8. The average Bonchev–Trinajstić information content (AvgIpc) is 2.75. The SMILES string of the molecule is C[C@@H](N[C@@H]1CCCC[C@]1(CC(N)=S)c1cccnc1)c1cccc2ccccc12. The van der Waals surface area contributed by atoms with Crippen LogP contribution < -0.4 is 11.1 Å². The predicted molar refractivity (Wildman–Crippen MR) is 125 cm³/mol. The van der Waals surface area contributed by atoms with E-state index < -0.39 is 0 Å². The van der Waals surface area contributed by atoms with Crippen LogP contribution in [0.15, 0.2) is 67.0 Å². The third-order valence-corrected chi connectivity index (χ3v) is 6.64. The van der Waals surface area contributed by atoms with Crippen molar-refractivity contribution in [3.8, 4) is 0 Å². The molecule has 0 aliphatic heterocycles. The summed E-state index contributed by atoms with van der Waals surface area (Å²) in [5.74, 6) is 0. The van der Waals surface area contributed by atoms with Gasteiger partial charge in [0.05, 0.1) is 4.99 Å². The molecule has 1 fully saturated rings. The summed E-state index contributed by atoms with van der Waals surface area (Å²) >= 11 is 5.40. The summed E-state index contributed by atoms with van der Waals surface area (Å²) in [4.78, 5) is 5.00. The molecule has 1 saturated carbocycles. The predicted octanol–water partition coefficient (Wildman–Crippen LogP) is 5.44. The number of rotatable bonds is 6. The minimum absolute atomic E-state index is 0.100. The second kappa shape index (κ2) is 8.60. The summed E-state index contributed by atoms with van der Waals surface area (Å²) < 4.78 is 0. The van der Waals surface area contributed by atoms with E-state index in [0.717, 1.165) is 12.8 Å². The Morgan fingerprint density at radius 2 is 2.00 bits per heavy atom. The highest BCUT2D eigenvalue weighted by atomic mass is 32.1. The number of nitrogens with zero attached hydrogens (tertiary/aromatic N) is 1. The van der Waals surface area contributed by atoms with Crippen molar-refractivity contribution in [3.05, 3.63) is 78.1 Å². The van der Waals surface area contributed by atoms with E-state index in [0.29, 0.717) is 17.5 Å². The lowest BCUT2D eigenvalue weighted by Gasteiger charge is -2.46. The van der Waals surface area contributed by atoms with E-state index in [1.807, 2.05) is 18.5 Å². The van der Waals surface area contributed by atoms with Crippen molar-refractivity contribution in [2.75, 3.05) is 0 Å². The number of aromatic nitrogens is 1. The van der Waals surface area contributed by atoms with Gasteiger partial charge in [-0.1, -0.05) is 73.6 Å². The molecule has 0 unspecified atom stereocenters. The van der Waals surface area contributed by atoms with Gasteiger partial charge in [0.2, 0.25) is 0 Å². The Bertz CT molecular complexity index is 982. The first kappa shape index (κ1) is 20.0. The van der Waals surface area contributed by atoms with Gasteiger partial charge in [0, 0.05) is 36.3 Å². The van der Waals surface area contributed by atoms with E-state index in [9.17, 15) is 0 Å². The van der Waals surface area contributed by atoms with Crippen molar-refractivity contribution in [1.82, 2.24) is 10.3 Å². The number of benzene rings is 2. The van der Waals surface area contributed by atoms with Gasteiger partial charge >= 0.3 is 0 Å². The molecule has 29 heavy (non-hydrogen) atoms. The van der Waals surface area contributed by atoms with Crippen LogP contribution in [0, 0.1) is 0 Å². The van der Waals surface area contributed by atoms with Gasteiger partial charge in [-0.3, -0.25) is 4.98 Å². The molecule has 4 heteroatoms. The Hall–Kier alpha value is -2.30. The third-order valence-electron chi connectivity index (χ3n) is 6.50. The van der Waals surface area contributed by atoms with Crippen molar-refractivity contribution in [2.24, 2.45) is 5.73 Å². The van der Waals surface area contributed by atoms with Crippen LogP contribution in [0.25, 0.3) is 10.8 Å². The summed E-state index contributed by atoms with van der Waals surface area (Å²) in [5.41, 5.74) is 8.59. The lowest BCUT2D eigenvalue weighted by molar-refractivity contribution is 0.204. The summed E-state index contributed by atoms with van der Waals surface area (Å²) in [6.07, 6.45) is 9.16. The van der Waals surface area contributed by atoms with Crippen molar-refractivity contribution >= 4 is 28.0 Å². The molecule has 4 rings (SSSR count). The van der Waals surface area contributed by atoms with Crippen molar-refractivity contribution < 1.29 is 0 Å². The maximum absolute atomic E-state index is 6.11. The van der Waals surface area contributed by atoms with E-state index >= 15 is 0 Å². The molecule has 1 heterocycles. The molecule has 3 atom stereocenters. The van der Waals surface area contributed by atoms with Crippen LogP contribution in [0.3, 0.4) is 0 Å². The molecule has 1 aliphatic rings. The second-order valence-corrected chi connectivity index (χ2v) is 8.82. The molecule has 3 nitrogen and oxygen atoms in total. The van der Waals surface area contributed by atoms with Crippen molar-refractivity contribution in [3.63, 3.8) is 0 Å². The molecule has 0 spiro atoms. The molecule has 0 saturated heterocycles. The molecule has 0 radical (unpaired) electrons. The molecule has 1 aromatic heterocycles. The number of hydrogen-bond acceptors (Lipinski definition) is 3. The van der Waals surface area contributed by atoms with Crippen LogP contribution in [-0.2, 0) is 5.41 Å². The van der Waals surface area contributed by atoms with E-state index in [1.54, 1.807) is 0 Å². The van der Waals surface area contributed by atoms with Gasteiger partial charge in [0.15, 0.2) is 0 Å². The molecule has 2 aromatic carbocycles. The molecule has 3 aromatic rings. The van der Waals surface area contributed by atoms with Crippen LogP contribution in [0.4, 0.5) is 0 Å². The monoisotopic (exact) mass is 403 g/mol. The number of nitrogens with two attached hydrogens (primary N) is 1. The van der Waals surface area contributed by atoms with E-state index in [1.165, 1.54) is 34.7 Å². The van der Waals surface area contributed by atoms with E-state index in [-0.39, 0.29) is 11.5 Å². The lowest BCUT2D eigenvalue weighted by Crippen LogP contribution is -2.52. The molecule has 1 aliphatic carbocycles. The quantitative estimate of drug-likeness (QED) is 0.538. The van der Waals surface area contributed by atoms with Gasteiger partial charge in [0.25, 0.3) is 0 Å². The first-order valence-corrected chi connectivity index (χ1v) is 10.9. The minimum atomic E-state index is -0.100. The van der Waals surface area contributed by atoms with Crippen LogP contribution in [0.5, 0.6) is 0 Å². The fraction of sp³-hybridized carbons (Fsp3) is 0.360. The highest BCUT2D eigenvalue weighted by Crippen LogP contribution is 2.43. The summed E-state index contributed by atoms with van der Waals surface area (Å²) in [6, 6.07) is 19.9. The Labute approximate surface area is 178 Å². The fourth-order valence-electron chi connectivity index (χ4n) is 5.13. The van der Waals surface area contributed by atoms with Gasteiger partial charge in [-0.15, -0.1) is 0 Å². The highest BCUT2D eigenvalue weighted by Gasteiger charge is 2.43. The topological polar surface area (TPSA) is 50.9 Å². The van der Waals surface area contributed by atoms with E-state index in [4.69, 9.17) is 18.0 Å². The Morgan fingerprint density at radius 3 is 2.79 bits per heavy atom. The standard InChI is InChI=1S/C25H29N3S/c1-18(21-12-6-9-19-8-2-3-11-22(19)21)28-23-13-4-5-14-25(23,16-24(26)29)20-10-7-15-27-17-20/h2-3,6-12,15,17-18,23,28H,4-5,13-14,16H2,1H3,(H2,26,29)/t18-,23-,25+/m1/s1. The first-order chi connectivity index (χ1) is 14.1. The maximum atomic E-state index is 6.11. The Morgan fingerprint density at radius 1 is 1.17 bits per heavy atom. The number of thiocarbonyl (C=S) groups is 1. The molecule has 0 bridgehead atoms. The van der Waals surface area contributed by atoms with Gasteiger partial charge in [-0.2, -0.15) is 0 Å². The molecule has 150 valence electrons. The van der Waals surface area contributed by atoms with Crippen molar-refractivity contribution in [1.29, 1.82) is 0 Å². The molecule has 3 N–H and O–H groups in total. The summed E-state index contributed by atoms with van der Waals surface area (Å²) in [5, 5.41) is 6.57. The normalized spacial score (nSPS) is 23.0. The van der Waals surface area contributed by atoms with Crippen LogP contribution in [0.1, 0.15) is 56.2 Å². The van der Waals surface area contributed by atoms with Gasteiger partial charge in [-0.05, 0) is 47.7 Å². The van der Waals surface area contributed by atoms with Crippen LogP contribution in [0.2, 0.25) is 0 Å². The maximum Gasteiger partial charge on any atom is 0.0736 e.